The first kappa shape index (κ1) is 12.8. The minimum atomic E-state index is 0.630. The lowest BCUT2D eigenvalue weighted by atomic mass is 10.1. The van der Waals surface area contributed by atoms with Gasteiger partial charge in [0, 0.05) is 28.3 Å². The van der Waals surface area contributed by atoms with Gasteiger partial charge in [-0.1, -0.05) is 29.3 Å². The summed E-state index contributed by atoms with van der Waals surface area (Å²) >= 11 is 13.6. The summed E-state index contributed by atoms with van der Waals surface area (Å²) < 4.78 is 0. The van der Waals surface area contributed by atoms with Crippen molar-refractivity contribution < 1.29 is 0 Å². The number of aromatic nitrogens is 1. The molecule has 1 aromatic heterocycles. The summed E-state index contributed by atoms with van der Waals surface area (Å²) in [5, 5.41) is 4.44. The highest BCUT2D eigenvalue weighted by Crippen LogP contribution is 2.24. The highest BCUT2D eigenvalue weighted by molar-refractivity contribution is 7.09. The molecular formula is C12H12Cl2N2S. The second-order valence-electron chi connectivity index (χ2n) is 3.68. The third-order valence-electron chi connectivity index (χ3n) is 2.36. The number of hydrogen-bond donors (Lipinski definition) is 1. The molecule has 0 radical (unpaired) electrons. The summed E-state index contributed by atoms with van der Waals surface area (Å²) in [6, 6.07) is 5.54. The van der Waals surface area contributed by atoms with Crippen LogP contribution in [-0.4, -0.2) is 11.5 Å². The van der Waals surface area contributed by atoms with Crippen LogP contribution < -0.4 is 5.73 Å². The van der Waals surface area contributed by atoms with Crippen molar-refractivity contribution in [2.24, 2.45) is 5.73 Å². The third kappa shape index (κ3) is 3.42. The molecule has 2 rings (SSSR count). The largest absolute Gasteiger partial charge is 0.330 e. The van der Waals surface area contributed by atoms with Crippen molar-refractivity contribution >= 4 is 34.5 Å². The molecule has 0 spiro atoms. The topological polar surface area (TPSA) is 38.9 Å². The Hall–Kier alpha value is -0.610. The molecule has 0 atom stereocenters. The van der Waals surface area contributed by atoms with Crippen LogP contribution in [0.2, 0.25) is 10.0 Å². The lowest BCUT2D eigenvalue weighted by Gasteiger charge is -2.02. The van der Waals surface area contributed by atoms with Gasteiger partial charge in [-0.15, -0.1) is 11.3 Å². The summed E-state index contributed by atoms with van der Waals surface area (Å²) in [6.45, 7) is 0.630. The maximum absolute atomic E-state index is 6.12. The molecule has 0 aliphatic rings. The van der Waals surface area contributed by atoms with E-state index in [2.05, 4.69) is 4.98 Å². The molecule has 1 heterocycles. The van der Waals surface area contributed by atoms with Gasteiger partial charge in [0.2, 0.25) is 0 Å². The fraction of sp³-hybridized carbons (Fsp3) is 0.250. The Bertz CT molecular complexity index is 511. The van der Waals surface area contributed by atoms with Crippen LogP contribution in [0.1, 0.15) is 16.3 Å². The first-order valence-corrected chi connectivity index (χ1v) is 6.90. The first-order valence-electron chi connectivity index (χ1n) is 5.26. The minimum Gasteiger partial charge on any atom is -0.330 e. The van der Waals surface area contributed by atoms with Gasteiger partial charge in [-0.2, -0.15) is 0 Å². The van der Waals surface area contributed by atoms with Gasteiger partial charge < -0.3 is 5.73 Å². The van der Waals surface area contributed by atoms with E-state index in [1.165, 1.54) is 0 Å². The Morgan fingerprint density at radius 3 is 2.82 bits per heavy atom. The molecule has 0 saturated carbocycles. The highest BCUT2D eigenvalue weighted by atomic mass is 35.5. The maximum atomic E-state index is 6.12. The predicted molar refractivity (Wildman–Crippen MR) is 74.1 cm³/mol. The Kier molecular flexibility index (Phi) is 4.40. The number of halogens is 2. The minimum absolute atomic E-state index is 0.630. The molecule has 0 unspecified atom stereocenters. The monoisotopic (exact) mass is 286 g/mol. The quantitative estimate of drug-likeness (QED) is 0.934. The van der Waals surface area contributed by atoms with Crippen molar-refractivity contribution in [3.05, 3.63) is 49.9 Å². The number of thiazole rings is 1. The molecule has 90 valence electrons. The zero-order valence-electron chi connectivity index (χ0n) is 9.12. The van der Waals surface area contributed by atoms with Crippen LogP contribution in [0.3, 0.4) is 0 Å². The number of hydrogen-bond acceptors (Lipinski definition) is 3. The Morgan fingerprint density at radius 1 is 1.29 bits per heavy atom. The smallest absolute Gasteiger partial charge is 0.0972 e. The lowest BCUT2D eigenvalue weighted by molar-refractivity contribution is 0.922. The molecule has 2 N–H and O–H groups in total. The Morgan fingerprint density at radius 2 is 2.12 bits per heavy atom. The van der Waals surface area contributed by atoms with Crippen molar-refractivity contribution in [2.45, 2.75) is 12.8 Å². The van der Waals surface area contributed by atoms with Gasteiger partial charge in [0.25, 0.3) is 0 Å². The summed E-state index contributed by atoms with van der Waals surface area (Å²) in [5.41, 5.74) is 7.59. The lowest BCUT2D eigenvalue weighted by Crippen LogP contribution is -2.02. The van der Waals surface area contributed by atoms with E-state index in [0.717, 1.165) is 29.1 Å². The fourth-order valence-corrected chi connectivity index (χ4v) is 2.85. The highest BCUT2D eigenvalue weighted by Gasteiger charge is 2.06. The van der Waals surface area contributed by atoms with Crippen LogP contribution >= 0.6 is 34.5 Å². The molecule has 1 aromatic carbocycles. The van der Waals surface area contributed by atoms with Gasteiger partial charge in [-0.25, -0.2) is 4.98 Å². The number of nitrogens with two attached hydrogens (primary N) is 1. The van der Waals surface area contributed by atoms with Crippen molar-refractivity contribution in [3.8, 4) is 0 Å². The van der Waals surface area contributed by atoms with Crippen LogP contribution in [0.5, 0.6) is 0 Å². The molecular weight excluding hydrogens is 275 g/mol. The molecule has 0 fully saturated rings. The summed E-state index contributed by atoms with van der Waals surface area (Å²) in [5.74, 6) is 0. The zero-order chi connectivity index (χ0) is 12.3. The maximum Gasteiger partial charge on any atom is 0.0972 e. The summed E-state index contributed by atoms with van der Waals surface area (Å²) in [4.78, 5) is 4.51. The van der Waals surface area contributed by atoms with Gasteiger partial charge in [0.1, 0.15) is 0 Å². The average molecular weight is 287 g/mol. The van der Waals surface area contributed by atoms with Crippen LogP contribution in [0.25, 0.3) is 0 Å². The normalized spacial score (nSPS) is 10.8. The molecule has 0 amide bonds. The van der Waals surface area contributed by atoms with E-state index in [1.807, 2.05) is 17.5 Å². The van der Waals surface area contributed by atoms with E-state index >= 15 is 0 Å². The van der Waals surface area contributed by atoms with Gasteiger partial charge in [0.05, 0.1) is 10.7 Å². The van der Waals surface area contributed by atoms with E-state index in [0.29, 0.717) is 16.6 Å². The van der Waals surface area contributed by atoms with Crippen LogP contribution in [0.15, 0.2) is 23.6 Å². The van der Waals surface area contributed by atoms with Crippen molar-refractivity contribution in [2.75, 3.05) is 6.54 Å². The van der Waals surface area contributed by atoms with Gasteiger partial charge in [-0.3, -0.25) is 0 Å². The van der Waals surface area contributed by atoms with E-state index < -0.39 is 0 Å². The second-order valence-corrected chi connectivity index (χ2v) is 5.47. The zero-order valence-corrected chi connectivity index (χ0v) is 11.4. The third-order valence-corrected chi connectivity index (χ3v) is 3.84. The van der Waals surface area contributed by atoms with Crippen LogP contribution in [0.4, 0.5) is 0 Å². The molecule has 0 aliphatic heterocycles. The molecule has 2 nitrogen and oxygen atoms in total. The molecule has 0 saturated heterocycles. The predicted octanol–water partition coefficient (Wildman–Crippen LogP) is 3.54. The van der Waals surface area contributed by atoms with Gasteiger partial charge in [-0.05, 0) is 24.2 Å². The number of benzene rings is 1. The number of rotatable bonds is 4. The SMILES string of the molecule is NCCc1csc(Cc2ccc(Cl)cc2Cl)n1. The molecule has 0 aliphatic carbocycles. The van der Waals surface area contributed by atoms with Gasteiger partial charge >= 0.3 is 0 Å². The standard InChI is InChI=1S/C12H12Cl2N2S/c13-9-2-1-8(11(14)6-9)5-12-16-10(3-4-15)7-17-12/h1-2,6-7H,3-5,15H2. The van der Waals surface area contributed by atoms with Crippen molar-refractivity contribution in [1.82, 2.24) is 4.98 Å². The average Bonchev–Trinajstić information content (AvgIpc) is 2.71. The molecule has 17 heavy (non-hydrogen) atoms. The number of nitrogens with zero attached hydrogens (tertiary/aromatic N) is 1. The second kappa shape index (κ2) is 5.83. The Balaban J connectivity index is 2.13. The fourth-order valence-electron chi connectivity index (χ4n) is 1.52. The Labute approximate surface area is 114 Å². The van der Waals surface area contributed by atoms with E-state index in [-0.39, 0.29) is 0 Å². The van der Waals surface area contributed by atoms with Crippen molar-refractivity contribution in [1.29, 1.82) is 0 Å². The summed E-state index contributed by atoms with van der Waals surface area (Å²) in [7, 11) is 0. The van der Waals surface area contributed by atoms with Crippen molar-refractivity contribution in [3.63, 3.8) is 0 Å². The van der Waals surface area contributed by atoms with Crippen LogP contribution in [-0.2, 0) is 12.8 Å². The van der Waals surface area contributed by atoms with Gasteiger partial charge in [0.15, 0.2) is 0 Å². The van der Waals surface area contributed by atoms with Crippen LogP contribution in [0, 0.1) is 0 Å². The first-order chi connectivity index (χ1) is 8.19. The molecule has 5 heteroatoms. The summed E-state index contributed by atoms with van der Waals surface area (Å²) in [6.07, 6.45) is 1.57. The van der Waals surface area contributed by atoms with E-state index in [1.54, 1.807) is 17.4 Å². The van der Waals surface area contributed by atoms with E-state index in [4.69, 9.17) is 28.9 Å². The van der Waals surface area contributed by atoms with E-state index in [9.17, 15) is 0 Å². The molecule has 0 bridgehead atoms. The molecule has 2 aromatic rings.